The Morgan fingerprint density at radius 3 is 2.58 bits per heavy atom. The van der Waals surface area contributed by atoms with Gasteiger partial charge in [0.2, 0.25) is 10.0 Å². The van der Waals surface area contributed by atoms with Gasteiger partial charge in [-0.05, 0) is 31.1 Å². The molecule has 2 N–H and O–H groups in total. The van der Waals surface area contributed by atoms with Crippen LogP contribution in [0.1, 0.15) is 52.4 Å². The molecule has 1 saturated heterocycles. The number of cyclic esters (lactones) is 1. The number of sulfonamides is 1. The van der Waals surface area contributed by atoms with Crippen LogP contribution in [-0.4, -0.2) is 26.2 Å². The molecule has 2 rings (SSSR count). The van der Waals surface area contributed by atoms with Crippen molar-refractivity contribution in [2.24, 2.45) is 16.0 Å². The lowest BCUT2D eigenvalue weighted by Crippen LogP contribution is -2.38. The van der Waals surface area contributed by atoms with Crippen molar-refractivity contribution in [3.8, 4) is 0 Å². The molecule has 2 aliphatic rings. The molecule has 2 fully saturated rings. The maximum Gasteiger partial charge on any atom is 0.306 e. The molecule has 0 aromatic rings. The van der Waals surface area contributed by atoms with E-state index in [1.807, 2.05) is 0 Å². The van der Waals surface area contributed by atoms with E-state index in [-0.39, 0.29) is 22.6 Å². The molecule has 2 unspecified atom stereocenters. The van der Waals surface area contributed by atoms with Crippen LogP contribution in [-0.2, 0) is 19.6 Å². The van der Waals surface area contributed by atoms with Crippen molar-refractivity contribution in [1.29, 1.82) is 0 Å². The summed E-state index contributed by atoms with van der Waals surface area (Å²) in [6, 6.07) is 0. The van der Waals surface area contributed by atoms with E-state index in [0.29, 0.717) is 6.42 Å². The van der Waals surface area contributed by atoms with Crippen molar-refractivity contribution >= 4 is 16.0 Å². The topological polar surface area (TPSA) is 86.5 Å². The molecular weight excluding hydrogens is 266 g/mol. The van der Waals surface area contributed by atoms with Crippen LogP contribution in [0.25, 0.3) is 0 Å². The Morgan fingerprint density at radius 2 is 1.95 bits per heavy atom. The molecule has 110 valence electrons. The van der Waals surface area contributed by atoms with Gasteiger partial charge in [-0.1, -0.05) is 20.3 Å². The van der Waals surface area contributed by atoms with Crippen LogP contribution in [0.15, 0.2) is 0 Å². The van der Waals surface area contributed by atoms with Crippen LogP contribution >= 0.6 is 0 Å². The van der Waals surface area contributed by atoms with Crippen molar-refractivity contribution in [3.63, 3.8) is 0 Å². The minimum absolute atomic E-state index is 0.251. The van der Waals surface area contributed by atoms with Crippen LogP contribution in [0, 0.1) is 10.8 Å². The molecule has 0 amide bonds. The first-order chi connectivity index (χ1) is 8.62. The monoisotopic (exact) mass is 289 g/mol. The van der Waals surface area contributed by atoms with E-state index in [0.717, 1.165) is 32.1 Å². The first-order valence-electron chi connectivity index (χ1n) is 6.82. The van der Waals surface area contributed by atoms with Crippen molar-refractivity contribution in [1.82, 2.24) is 0 Å². The van der Waals surface area contributed by atoms with Gasteiger partial charge in [-0.25, -0.2) is 13.6 Å². The van der Waals surface area contributed by atoms with E-state index in [1.54, 1.807) is 0 Å². The van der Waals surface area contributed by atoms with Crippen LogP contribution in [0.5, 0.6) is 0 Å². The summed E-state index contributed by atoms with van der Waals surface area (Å²) in [5.74, 6) is -0.535. The second-order valence-corrected chi connectivity index (χ2v) is 8.52. The molecule has 1 heterocycles. The van der Waals surface area contributed by atoms with Crippen LogP contribution < -0.4 is 5.14 Å². The predicted octanol–water partition coefficient (Wildman–Crippen LogP) is 1.57. The molecule has 0 aromatic carbocycles. The minimum Gasteiger partial charge on any atom is -0.461 e. The summed E-state index contributed by atoms with van der Waals surface area (Å²) in [7, 11) is -3.62. The van der Waals surface area contributed by atoms with Crippen LogP contribution in [0.3, 0.4) is 0 Å². The molecule has 19 heavy (non-hydrogen) atoms. The SMILES string of the molecule is CC1(C)CCCC2(CC1)CC(=O)OC2CS(N)(=O)=O. The number of esters is 1. The lowest BCUT2D eigenvalue weighted by molar-refractivity contribution is -0.141. The number of carbonyl (C=O) groups is 1. The van der Waals surface area contributed by atoms with E-state index in [1.165, 1.54) is 0 Å². The average Bonchev–Trinajstić information content (AvgIpc) is 2.40. The van der Waals surface area contributed by atoms with Gasteiger partial charge < -0.3 is 4.74 Å². The number of hydrogen-bond donors (Lipinski definition) is 1. The number of primary sulfonamides is 1. The molecule has 0 radical (unpaired) electrons. The van der Waals surface area contributed by atoms with Gasteiger partial charge in [0.25, 0.3) is 0 Å². The summed E-state index contributed by atoms with van der Waals surface area (Å²) < 4.78 is 27.9. The van der Waals surface area contributed by atoms with E-state index in [9.17, 15) is 13.2 Å². The number of rotatable bonds is 2. The third-order valence-corrected chi connectivity index (χ3v) is 5.43. The smallest absolute Gasteiger partial charge is 0.306 e. The summed E-state index contributed by atoms with van der Waals surface area (Å²) in [5.41, 5.74) is -0.0709. The lowest BCUT2D eigenvalue weighted by Gasteiger charge is -2.31. The van der Waals surface area contributed by atoms with E-state index in [4.69, 9.17) is 9.88 Å². The van der Waals surface area contributed by atoms with Gasteiger partial charge in [-0.2, -0.15) is 0 Å². The second-order valence-electron chi connectivity index (χ2n) is 6.86. The van der Waals surface area contributed by atoms with Gasteiger partial charge in [0, 0.05) is 5.41 Å². The molecule has 5 nitrogen and oxygen atoms in total. The van der Waals surface area contributed by atoms with E-state index >= 15 is 0 Å². The molecule has 1 aliphatic heterocycles. The largest absolute Gasteiger partial charge is 0.461 e. The maximum atomic E-state index is 11.6. The highest BCUT2D eigenvalue weighted by molar-refractivity contribution is 7.89. The fourth-order valence-electron chi connectivity index (χ4n) is 3.40. The lowest BCUT2D eigenvalue weighted by atomic mass is 9.74. The quantitative estimate of drug-likeness (QED) is 0.782. The zero-order chi connectivity index (χ0) is 14.3. The predicted molar refractivity (Wildman–Crippen MR) is 71.8 cm³/mol. The molecule has 1 spiro atoms. The fraction of sp³-hybridized carbons (Fsp3) is 0.923. The minimum atomic E-state index is -3.62. The van der Waals surface area contributed by atoms with Crippen LogP contribution in [0.2, 0.25) is 0 Å². The summed E-state index contributed by atoms with van der Waals surface area (Å²) in [5, 5.41) is 5.12. The van der Waals surface area contributed by atoms with Gasteiger partial charge in [0.15, 0.2) is 0 Å². The molecule has 6 heteroatoms. The van der Waals surface area contributed by atoms with E-state index in [2.05, 4.69) is 13.8 Å². The highest BCUT2D eigenvalue weighted by Gasteiger charge is 2.51. The van der Waals surface area contributed by atoms with Crippen molar-refractivity contribution in [2.75, 3.05) is 5.75 Å². The van der Waals surface area contributed by atoms with E-state index < -0.39 is 16.1 Å². The Morgan fingerprint density at radius 1 is 1.26 bits per heavy atom. The Balaban J connectivity index is 2.21. The second kappa shape index (κ2) is 4.74. The summed E-state index contributed by atoms with van der Waals surface area (Å²) in [4.78, 5) is 11.6. The summed E-state index contributed by atoms with van der Waals surface area (Å²) >= 11 is 0. The summed E-state index contributed by atoms with van der Waals surface area (Å²) in [6.45, 7) is 4.44. The highest BCUT2D eigenvalue weighted by atomic mass is 32.2. The Hall–Kier alpha value is -0.620. The van der Waals surface area contributed by atoms with Gasteiger partial charge in [0.1, 0.15) is 11.9 Å². The number of nitrogens with two attached hydrogens (primary N) is 1. The third kappa shape index (κ3) is 3.48. The first-order valence-corrected chi connectivity index (χ1v) is 8.54. The Kier molecular flexibility index (Phi) is 3.68. The van der Waals surface area contributed by atoms with Gasteiger partial charge in [0.05, 0.1) is 6.42 Å². The number of ether oxygens (including phenoxy) is 1. The van der Waals surface area contributed by atoms with Gasteiger partial charge in [-0.3, -0.25) is 4.79 Å². The molecule has 0 aromatic heterocycles. The zero-order valence-electron chi connectivity index (χ0n) is 11.6. The Labute approximate surface area is 114 Å². The zero-order valence-corrected chi connectivity index (χ0v) is 12.5. The molecular formula is C13H23NO4S. The molecule has 1 aliphatic carbocycles. The standard InChI is InChI=1S/C13H23NO4S/c1-12(2)4-3-5-13(7-6-12)8-11(15)18-10(13)9-19(14,16)17/h10H,3-9H2,1-2H3,(H2,14,16,17). The normalized spacial score (nSPS) is 35.1. The number of carbonyl (C=O) groups excluding carboxylic acids is 1. The van der Waals surface area contributed by atoms with Crippen molar-refractivity contribution in [2.45, 2.75) is 58.5 Å². The van der Waals surface area contributed by atoms with Crippen LogP contribution in [0.4, 0.5) is 0 Å². The third-order valence-electron chi connectivity index (χ3n) is 4.66. The first kappa shape index (κ1) is 14.8. The number of hydrogen-bond acceptors (Lipinski definition) is 4. The average molecular weight is 289 g/mol. The summed E-state index contributed by atoms with van der Waals surface area (Å²) in [6.07, 6.45) is 4.56. The Bertz CT molecular complexity index is 471. The molecule has 2 atom stereocenters. The molecule has 1 saturated carbocycles. The van der Waals surface area contributed by atoms with Crippen molar-refractivity contribution in [3.05, 3.63) is 0 Å². The van der Waals surface area contributed by atoms with Gasteiger partial charge in [-0.15, -0.1) is 0 Å². The van der Waals surface area contributed by atoms with Gasteiger partial charge >= 0.3 is 5.97 Å². The van der Waals surface area contributed by atoms with Crippen molar-refractivity contribution < 1.29 is 17.9 Å². The molecule has 0 bridgehead atoms. The fourth-order valence-corrected chi connectivity index (χ4v) is 4.25. The highest BCUT2D eigenvalue weighted by Crippen LogP contribution is 2.50. The maximum absolute atomic E-state index is 11.6.